The highest BCUT2D eigenvalue weighted by atomic mass is 79.9. The summed E-state index contributed by atoms with van der Waals surface area (Å²) < 4.78 is 1.12. The fraction of sp³-hybridized carbons (Fsp3) is 0.500. The van der Waals surface area contributed by atoms with Gasteiger partial charge in [0.2, 0.25) is 0 Å². The summed E-state index contributed by atoms with van der Waals surface area (Å²) in [4.78, 5) is 1.30. The minimum absolute atomic E-state index is 0.104. The minimum atomic E-state index is 0.104. The maximum absolute atomic E-state index is 5.94. The van der Waals surface area contributed by atoms with E-state index in [-0.39, 0.29) is 6.04 Å². The van der Waals surface area contributed by atoms with Crippen LogP contribution in [0.15, 0.2) is 27.6 Å². The molecule has 0 aliphatic rings. The highest BCUT2D eigenvalue weighted by Gasteiger charge is 2.08. The van der Waals surface area contributed by atoms with Gasteiger partial charge < -0.3 is 5.73 Å². The predicted molar refractivity (Wildman–Crippen MR) is 72.3 cm³/mol. The van der Waals surface area contributed by atoms with Gasteiger partial charge in [-0.05, 0) is 30.5 Å². The molecule has 0 fully saturated rings. The second-order valence-corrected chi connectivity index (χ2v) is 6.15. The van der Waals surface area contributed by atoms with Crippen molar-refractivity contribution in [3.63, 3.8) is 0 Å². The third-order valence-electron chi connectivity index (χ3n) is 2.04. The number of rotatable bonds is 4. The predicted octanol–water partition coefficient (Wildman–Crippen LogP) is 4.22. The Morgan fingerprint density at radius 3 is 2.53 bits per heavy atom. The number of thioether (sulfide) groups is 1. The topological polar surface area (TPSA) is 26.0 Å². The van der Waals surface area contributed by atoms with Crippen LogP contribution in [0.25, 0.3) is 0 Å². The fourth-order valence-electron chi connectivity index (χ4n) is 1.27. The quantitative estimate of drug-likeness (QED) is 0.840. The molecule has 0 saturated carbocycles. The molecule has 1 aromatic rings. The molecule has 1 nitrogen and oxygen atoms in total. The molecule has 1 aromatic carbocycles. The molecule has 0 heterocycles. The molecule has 1 atom stereocenters. The Hall–Kier alpha value is 0.01000. The van der Waals surface area contributed by atoms with Gasteiger partial charge in [0, 0.05) is 21.2 Å². The monoisotopic (exact) mass is 287 g/mol. The first-order valence-electron chi connectivity index (χ1n) is 5.18. The summed E-state index contributed by atoms with van der Waals surface area (Å²) in [7, 11) is 0. The van der Waals surface area contributed by atoms with E-state index in [0.29, 0.717) is 5.92 Å². The van der Waals surface area contributed by atoms with E-state index >= 15 is 0 Å². The molecular formula is C12H18BrNS. The van der Waals surface area contributed by atoms with Crippen LogP contribution in [0.2, 0.25) is 0 Å². The average Bonchev–Trinajstić information content (AvgIpc) is 2.14. The highest BCUT2D eigenvalue weighted by molar-refractivity contribution is 9.10. The second-order valence-electron chi connectivity index (χ2n) is 4.18. The van der Waals surface area contributed by atoms with E-state index < -0.39 is 0 Å². The van der Waals surface area contributed by atoms with Crippen LogP contribution < -0.4 is 5.73 Å². The fourth-order valence-corrected chi connectivity index (χ4v) is 2.92. The van der Waals surface area contributed by atoms with E-state index in [1.165, 1.54) is 10.5 Å². The lowest BCUT2D eigenvalue weighted by molar-refractivity contribution is 0.748. The van der Waals surface area contributed by atoms with E-state index in [0.717, 1.165) is 10.2 Å². The molecule has 0 saturated heterocycles. The van der Waals surface area contributed by atoms with Crippen molar-refractivity contribution in [2.75, 3.05) is 5.75 Å². The maximum Gasteiger partial charge on any atom is 0.0277 e. The van der Waals surface area contributed by atoms with E-state index in [2.05, 4.69) is 48.0 Å². The summed E-state index contributed by atoms with van der Waals surface area (Å²) in [5.41, 5.74) is 7.18. The van der Waals surface area contributed by atoms with Gasteiger partial charge in [-0.25, -0.2) is 0 Å². The zero-order chi connectivity index (χ0) is 11.4. The van der Waals surface area contributed by atoms with Crippen LogP contribution in [0.3, 0.4) is 0 Å². The third kappa shape index (κ3) is 4.17. The lowest BCUT2D eigenvalue weighted by Gasteiger charge is -2.13. The molecule has 3 heteroatoms. The summed E-state index contributed by atoms with van der Waals surface area (Å²) in [6.45, 7) is 6.50. The van der Waals surface area contributed by atoms with Crippen LogP contribution in [0.4, 0.5) is 0 Å². The Kier molecular flexibility index (Phi) is 5.16. The molecular weight excluding hydrogens is 270 g/mol. The van der Waals surface area contributed by atoms with Crippen molar-refractivity contribution in [1.82, 2.24) is 0 Å². The number of benzene rings is 1. The molecule has 1 rings (SSSR count). The summed E-state index contributed by atoms with van der Waals surface area (Å²) >= 11 is 5.39. The molecule has 0 aromatic heterocycles. The lowest BCUT2D eigenvalue weighted by atomic mass is 10.1. The smallest absolute Gasteiger partial charge is 0.0277 e. The second kappa shape index (κ2) is 5.92. The van der Waals surface area contributed by atoms with Gasteiger partial charge in [-0.15, -0.1) is 11.8 Å². The minimum Gasteiger partial charge on any atom is -0.324 e. The standard InChI is InChI=1S/C12H18BrNS/c1-8(2)7-15-12-6-10(13)4-5-11(12)9(3)14/h4-6,8-9H,7,14H2,1-3H3. The average molecular weight is 288 g/mol. The van der Waals surface area contributed by atoms with E-state index in [1.807, 2.05) is 18.7 Å². The number of hydrogen-bond acceptors (Lipinski definition) is 2. The largest absolute Gasteiger partial charge is 0.324 e. The van der Waals surface area contributed by atoms with Crippen molar-refractivity contribution in [3.05, 3.63) is 28.2 Å². The van der Waals surface area contributed by atoms with Gasteiger partial charge in [-0.1, -0.05) is 35.8 Å². The van der Waals surface area contributed by atoms with Gasteiger partial charge in [0.1, 0.15) is 0 Å². The Balaban J connectivity index is 2.87. The molecule has 84 valence electrons. The Bertz CT molecular complexity index is 323. The van der Waals surface area contributed by atoms with Crippen LogP contribution in [-0.2, 0) is 0 Å². The highest BCUT2D eigenvalue weighted by Crippen LogP contribution is 2.30. The van der Waals surface area contributed by atoms with Gasteiger partial charge in [-0.2, -0.15) is 0 Å². The Morgan fingerprint density at radius 1 is 1.33 bits per heavy atom. The van der Waals surface area contributed by atoms with Crippen molar-refractivity contribution in [2.24, 2.45) is 11.7 Å². The van der Waals surface area contributed by atoms with E-state index in [9.17, 15) is 0 Å². The first-order valence-corrected chi connectivity index (χ1v) is 6.96. The molecule has 1 unspecified atom stereocenters. The van der Waals surface area contributed by atoms with Gasteiger partial charge in [0.15, 0.2) is 0 Å². The molecule has 0 aliphatic carbocycles. The number of hydrogen-bond donors (Lipinski definition) is 1. The van der Waals surface area contributed by atoms with Crippen molar-refractivity contribution in [3.8, 4) is 0 Å². The van der Waals surface area contributed by atoms with Crippen molar-refractivity contribution >= 4 is 27.7 Å². The van der Waals surface area contributed by atoms with Crippen LogP contribution >= 0.6 is 27.7 Å². The Morgan fingerprint density at radius 2 is 2.00 bits per heavy atom. The molecule has 2 N–H and O–H groups in total. The maximum atomic E-state index is 5.94. The molecule has 0 radical (unpaired) electrons. The summed E-state index contributed by atoms with van der Waals surface area (Å²) in [6.07, 6.45) is 0. The van der Waals surface area contributed by atoms with Crippen molar-refractivity contribution in [1.29, 1.82) is 0 Å². The number of halogens is 1. The lowest BCUT2D eigenvalue weighted by Crippen LogP contribution is -2.06. The van der Waals surface area contributed by atoms with Crippen molar-refractivity contribution < 1.29 is 0 Å². The summed E-state index contributed by atoms with van der Waals surface area (Å²) in [5, 5.41) is 0. The van der Waals surface area contributed by atoms with Crippen LogP contribution in [-0.4, -0.2) is 5.75 Å². The van der Waals surface area contributed by atoms with E-state index in [1.54, 1.807) is 0 Å². The van der Waals surface area contributed by atoms with Gasteiger partial charge in [0.05, 0.1) is 0 Å². The van der Waals surface area contributed by atoms with Gasteiger partial charge >= 0.3 is 0 Å². The zero-order valence-electron chi connectivity index (χ0n) is 9.46. The summed E-state index contributed by atoms with van der Waals surface area (Å²) in [5.74, 6) is 1.84. The normalized spacial score (nSPS) is 13.2. The summed E-state index contributed by atoms with van der Waals surface area (Å²) in [6, 6.07) is 6.43. The third-order valence-corrected chi connectivity index (χ3v) is 4.03. The first kappa shape index (κ1) is 13.1. The number of nitrogens with two attached hydrogens (primary N) is 1. The zero-order valence-corrected chi connectivity index (χ0v) is 11.9. The van der Waals surface area contributed by atoms with Crippen LogP contribution in [0.5, 0.6) is 0 Å². The van der Waals surface area contributed by atoms with Crippen molar-refractivity contribution in [2.45, 2.75) is 31.7 Å². The molecule has 0 spiro atoms. The van der Waals surface area contributed by atoms with E-state index in [4.69, 9.17) is 5.73 Å². The first-order chi connectivity index (χ1) is 7.00. The van der Waals surface area contributed by atoms with Gasteiger partial charge in [-0.3, -0.25) is 0 Å². The SMILES string of the molecule is CC(C)CSc1cc(Br)ccc1C(C)N. The molecule has 0 amide bonds. The molecule has 15 heavy (non-hydrogen) atoms. The van der Waals surface area contributed by atoms with Crippen LogP contribution in [0.1, 0.15) is 32.4 Å². The Labute approximate surface area is 105 Å². The van der Waals surface area contributed by atoms with Gasteiger partial charge in [0.25, 0.3) is 0 Å². The van der Waals surface area contributed by atoms with Crippen LogP contribution in [0, 0.1) is 5.92 Å². The molecule has 0 aliphatic heterocycles. The molecule has 0 bridgehead atoms.